The van der Waals surface area contributed by atoms with Crippen LogP contribution in [-0.4, -0.2) is 5.78 Å². The number of halogens is 4. The molecule has 2 aromatic rings. The van der Waals surface area contributed by atoms with E-state index in [1.165, 1.54) is 13.0 Å². The molecule has 21 heavy (non-hydrogen) atoms. The molecule has 0 fully saturated rings. The smallest absolute Gasteiger partial charge is 0.289 e. The average molecular weight is 357 g/mol. The zero-order chi connectivity index (χ0) is 15.8. The molecule has 0 aliphatic carbocycles. The van der Waals surface area contributed by atoms with Crippen molar-refractivity contribution in [2.75, 3.05) is 0 Å². The predicted octanol–water partition coefficient (Wildman–Crippen LogP) is 5.32. The van der Waals surface area contributed by atoms with Gasteiger partial charge in [-0.05, 0) is 55.3 Å². The first kappa shape index (κ1) is 15.8. The van der Waals surface area contributed by atoms with Crippen LogP contribution in [0, 0.1) is 13.8 Å². The summed E-state index contributed by atoms with van der Waals surface area (Å²) in [7, 11) is 0. The molecule has 0 aliphatic rings. The van der Waals surface area contributed by atoms with Crippen molar-refractivity contribution in [2.45, 2.75) is 20.0 Å². The van der Waals surface area contributed by atoms with Gasteiger partial charge in [-0.25, -0.2) is 0 Å². The van der Waals surface area contributed by atoms with Crippen molar-refractivity contribution in [2.24, 2.45) is 0 Å². The maximum absolute atomic E-state index is 12.6. The Labute approximate surface area is 128 Å². The average Bonchev–Trinajstić information content (AvgIpc) is 2.35. The third-order valence-corrected chi connectivity index (χ3v) is 3.56. The van der Waals surface area contributed by atoms with Crippen LogP contribution in [0.3, 0.4) is 0 Å². The second kappa shape index (κ2) is 5.64. The van der Waals surface area contributed by atoms with Gasteiger partial charge >= 0.3 is 6.18 Å². The van der Waals surface area contributed by atoms with Gasteiger partial charge in [-0.15, -0.1) is 0 Å². The molecular formula is C16H12BrF3O. The van der Waals surface area contributed by atoms with Crippen molar-refractivity contribution < 1.29 is 18.0 Å². The highest BCUT2D eigenvalue weighted by Gasteiger charge is 2.31. The molecule has 0 aliphatic heterocycles. The monoisotopic (exact) mass is 356 g/mol. The lowest BCUT2D eigenvalue weighted by Gasteiger charge is -2.11. The molecule has 0 saturated carbocycles. The van der Waals surface area contributed by atoms with Crippen LogP contribution in [0.5, 0.6) is 0 Å². The Morgan fingerprint density at radius 2 is 1.71 bits per heavy atom. The SMILES string of the molecule is Cc1cc(Br)cc(C(=O)c2ccc(C(F)(F)F)cc2C)c1. The van der Waals surface area contributed by atoms with Crippen LogP contribution < -0.4 is 0 Å². The Morgan fingerprint density at radius 3 is 2.24 bits per heavy atom. The number of alkyl halides is 3. The van der Waals surface area contributed by atoms with E-state index in [0.29, 0.717) is 11.1 Å². The number of benzene rings is 2. The van der Waals surface area contributed by atoms with Crippen LogP contribution in [-0.2, 0) is 6.18 Å². The molecule has 0 heterocycles. The summed E-state index contributed by atoms with van der Waals surface area (Å²) in [5, 5.41) is 0. The van der Waals surface area contributed by atoms with Crippen LogP contribution in [0.25, 0.3) is 0 Å². The van der Waals surface area contributed by atoms with Crippen molar-refractivity contribution in [3.05, 3.63) is 68.7 Å². The summed E-state index contributed by atoms with van der Waals surface area (Å²) in [6.45, 7) is 3.36. The fourth-order valence-corrected chi connectivity index (χ4v) is 2.73. The molecule has 0 amide bonds. The van der Waals surface area contributed by atoms with Crippen LogP contribution in [0.1, 0.15) is 32.6 Å². The Kier molecular flexibility index (Phi) is 4.23. The lowest BCUT2D eigenvalue weighted by Crippen LogP contribution is -2.09. The highest BCUT2D eigenvalue weighted by atomic mass is 79.9. The fourth-order valence-electron chi connectivity index (χ4n) is 2.12. The quantitative estimate of drug-likeness (QED) is 0.666. The molecule has 0 saturated heterocycles. The lowest BCUT2D eigenvalue weighted by atomic mass is 9.96. The van der Waals surface area contributed by atoms with Gasteiger partial charge in [-0.1, -0.05) is 22.0 Å². The minimum absolute atomic E-state index is 0.278. The number of hydrogen-bond acceptors (Lipinski definition) is 1. The summed E-state index contributed by atoms with van der Waals surface area (Å²) in [4.78, 5) is 12.4. The van der Waals surface area contributed by atoms with E-state index < -0.39 is 11.7 Å². The molecule has 0 spiro atoms. The number of carbonyl (C=O) groups excluding carboxylic acids is 1. The number of ketones is 1. The molecule has 0 unspecified atom stereocenters. The third kappa shape index (κ3) is 3.53. The highest BCUT2D eigenvalue weighted by Crippen LogP contribution is 2.31. The topological polar surface area (TPSA) is 17.1 Å². The van der Waals surface area contributed by atoms with Gasteiger partial charge in [0, 0.05) is 15.6 Å². The van der Waals surface area contributed by atoms with Crippen LogP contribution in [0.4, 0.5) is 13.2 Å². The molecule has 0 aromatic heterocycles. The minimum atomic E-state index is -4.40. The van der Waals surface area contributed by atoms with E-state index in [-0.39, 0.29) is 11.3 Å². The maximum atomic E-state index is 12.6. The first-order valence-corrected chi connectivity index (χ1v) is 6.97. The summed E-state index contributed by atoms with van der Waals surface area (Å²) in [5.74, 6) is -0.286. The van der Waals surface area contributed by atoms with Gasteiger partial charge in [0.05, 0.1) is 5.56 Å². The van der Waals surface area contributed by atoms with E-state index in [4.69, 9.17) is 0 Å². The summed E-state index contributed by atoms with van der Waals surface area (Å²) in [5.41, 5.74) is 1.19. The maximum Gasteiger partial charge on any atom is 0.416 e. The van der Waals surface area contributed by atoms with Crippen LogP contribution in [0.2, 0.25) is 0 Å². The lowest BCUT2D eigenvalue weighted by molar-refractivity contribution is -0.137. The predicted molar refractivity (Wildman–Crippen MR) is 78.5 cm³/mol. The second-order valence-electron chi connectivity index (χ2n) is 4.87. The Morgan fingerprint density at radius 1 is 1.05 bits per heavy atom. The van der Waals surface area contributed by atoms with E-state index in [1.54, 1.807) is 12.1 Å². The molecule has 5 heteroatoms. The van der Waals surface area contributed by atoms with Gasteiger partial charge < -0.3 is 0 Å². The number of hydrogen-bond donors (Lipinski definition) is 0. The molecule has 1 nitrogen and oxygen atoms in total. The largest absolute Gasteiger partial charge is 0.416 e. The molecule has 2 aromatic carbocycles. The van der Waals surface area contributed by atoms with Gasteiger partial charge in [0.15, 0.2) is 5.78 Å². The van der Waals surface area contributed by atoms with Gasteiger partial charge in [-0.3, -0.25) is 4.79 Å². The molecule has 0 radical (unpaired) electrons. The number of rotatable bonds is 2. The van der Waals surface area contributed by atoms with Crippen molar-refractivity contribution in [1.29, 1.82) is 0 Å². The van der Waals surface area contributed by atoms with E-state index in [9.17, 15) is 18.0 Å². The normalized spacial score (nSPS) is 11.5. The van der Waals surface area contributed by atoms with Gasteiger partial charge in [-0.2, -0.15) is 13.2 Å². The third-order valence-electron chi connectivity index (χ3n) is 3.10. The van der Waals surface area contributed by atoms with Crippen molar-refractivity contribution in [3.63, 3.8) is 0 Å². The molecular weight excluding hydrogens is 345 g/mol. The van der Waals surface area contributed by atoms with E-state index in [2.05, 4.69) is 15.9 Å². The Bertz CT molecular complexity index is 685. The number of aryl methyl sites for hydroxylation is 2. The van der Waals surface area contributed by atoms with Crippen LogP contribution >= 0.6 is 15.9 Å². The number of carbonyl (C=O) groups is 1. The summed E-state index contributed by atoms with van der Waals surface area (Å²) in [6.07, 6.45) is -4.40. The van der Waals surface area contributed by atoms with Gasteiger partial charge in [0.2, 0.25) is 0 Å². The molecule has 0 atom stereocenters. The summed E-state index contributed by atoms with van der Waals surface area (Å²) < 4.78 is 38.7. The van der Waals surface area contributed by atoms with Gasteiger partial charge in [0.1, 0.15) is 0 Å². The summed E-state index contributed by atoms with van der Waals surface area (Å²) in [6, 6.07) is 8.40. The van der Waals surface area contributed by atoms with E-state index >= 15 is 0 Å². The van der Waals surface area contributed by atoms with E-state index in [1.807, 2.05) is 13.0 Å². The van der Waals surface area contributed by atoms with Crippen LogP contribution in [0.15, 0.2) is 40.9 Å². The fraction of sp³-hybridized carbons (Fsp3) is 0.188. The molecule has 0 bridgehead atoms. The zero-order valence-electron chi connectivity index (χ0n) is 11.4. The van der Waals surface area contributed by atoms with Crippen molar-refractivity contribution >= 4 is 21.7 Å². The van der Waals surface area contributed by atoms with Crippen molar-refractivity contribution in [3.8, 4) is 0 Å². The second-order valence-corrected chi connectivity index (χ2v) is 5.79. The van der Waals surface area contributed by atoms with Gasteiger partial charge in [0.25, 0.3) is 0 Å². The molecule has 110 valence electrons. The molecule has 2 rings (SSSR count). The Hall–Kier alpha value is -1.62. The van der Waals surface area contributed by atoms with Crippen molar-refractivity contribution in [1.82, 2.24) is 0 Å². The zero-order valence-corrected chi connectivity index (χ0v) is 13.0. The molecule has 0 N–H and O–H groups in total. The Balaban J connectivity index is 2.44. The highest BCUT2D eigenvalue weighted by molar-refractivity contribution is 9.10. The first-order chi connectivity index (χ1) is 9.68. The summed E-state index contributed by atoms with van der Waals surface area (Å²) >= 11 is 3.31. The standard InChI is InChI=1S/C16H12BrF3O/c1-9-5-11(8-13(17)6-9)15(21)14-4-3-12(7-10(14)2)16(18,19)20/h3-8H,1-2H3. The first-order valence-electron chi connectivity index (χ1n) is 6.18. The van der Waals surface area contributed by atoms with E-state index in [0.717, 1.165) is 22.2 Å². The minimum Gasteiger partial charge on any atom is -0.289 e.